The van der Waals surface area contributed by atoms with Gasteiger partial charge in [0.1, 0.15) is 6.61 Å². The van der Waals surface area contributed by atoms with Gasteiger partial charge in [0.2, 0.25) is 0 Å². The Kier molecular flexibility index (Phi) is 7.21. The van der Waals surface area contributed by atoms with Gasteiger partial charge in [-0.25, -0.2) is 4.79 Å². The van der Waals surface area contributed by atoms with Gasteiger partial charge in [-0.3, -0.25) is 4.79 Å². The first kappa shape index (κ1) is 22.2. The van der Waals surface area contributed by atoms with E-state index in [2.05, 4.69) is 37.8 Å². The van der Waals surface area contributed by atoms with E-state index in [1.165, 1.54) is 7.11 Å². The van der Waals surface area contributed by atoms with Crippen molar-refractivity contribution < 1.29 is 19.1 Å². The summed E-state index contributed by atoms with van der Waals surface area (Å²) in [4.78, 5) is 25.3. The summed E-state index contributed by atoms with van der Waals surface area (Å²) in [5.74, 6) is 3.00. The largest absolute Gasteiger partial charge is 0.493 e. The summed E-state index contributed by atoms with van der Waals surface area (Å²) in [6, 6.07) is 11.9. The predicted octanol–water partition coefficient (Wildman–Crippen LogP) is 3.41. The lowest BCUT2D eigenvalue weighted by atomic mass is 9.94. The van der Waals surface area contributed by atoms with Gasteiger partial charge in [-0.05, 0) is 30.2 Å². The fraction of sp³-hybridized carbons (Fsp3) is 0.217. The number of methoxy groups -OCH3 is 1. The van der Waals surface area contributed by atoms with Crippen molar-refractivity contribution in [3.05, 3.63) is 69.3 Å². The third kappa shape index (κ3) is 5.19. The first-order valence-electron chi connectivity index (χ1n) is 9.48. The van der Waals surface area contributed by atoms with Crippen molar-refractivity contribution in [1.82, 2.24) is 16.0 Å². The van der Waals surface area contributed by atoms with E-state index in [0.29, 0.717) is 39.4 Å². The van der Waals surface area contributed by atoms with Crippen molar-refractivity contribution >= 4 is 27.9 Å². The molecule has 2 aromatic rings. The molecule has 8 heteroatoms. The molecule has 1 aliphatic heterocycles. The highest BCUT2D eigenvalue weighted by Gasteiger charge is 2.33. The number of terminal acetylenes is 1. The molecule has 1 atom stereocenters. The zero-order valence-electron chi connectivity index (χ0n) is 17.1. The van der Waals surface area contributed by atoms with E-state index in [-0.39, 0.29) is 12.5 Å². The summed E-state index contributed by atoms with van der Waals surface area (Å²) < 4.78 is 11.6. The number of ether oxygens (including phenoxy) is 2. The maximum absolute atomic E-state index is 13.1. The van der Waals surface area contributed by atoms with Crippen molar-refractivity contribution in [2.75, 3.05) is 13.7 Å². The third-order valence-electron chi connectivity index (χ3n) is 4.71. The maximum atomic E-state index is 13.1. The molecule has 0 unspecified atom stereocenters. The van der Waals surface area contributed by atoms with E-state index >= 15 is 0 Å². The van der Waals surface area contributed by atoms with Crippen LogP contribution >= 0.6 is 15.9 Å². The van der Waals surface area contributed by atoms with Crippen LogP contribution in [0, 0.1) is 12.3 Å². The summed E-state index contributed by atoms with van der Waals surface area (Å²) in [6.45, 7) is 2.14. The van der Waals surface area contributed by atoms with Crippen LogP contribution in [0.1, 0.15) is 24.1 Å². The van der Waals surface area contributed by atoms with Crippen molar-refractivity contribution in [3.8, 4) is 23.8 Å². The number of rotatable bonds is 7. The molecule has 0 saturated heterocycles. The Morgan fingerprint density at radius 2 is 2.00 bits per heavy atom. The van der Waals surface area contributed by atoms with Gasteiger partial charge in [-0.15, -0.1) is 6.42 Å². The Morgan fingerprint density at radius 3 is 2.68 bits per heavy atom. The summed E-state index contributed by atoms with van der Waals surface area (Å²) in [5.41, 5.74) is 2.48. The smallest absolute Gasteiger partial charge is 0.319 e. The van der Waals surface area contributed by atoms with Crippen LogP contribution < -0.4 is 25.4 Å². The molecule has 160 valence electrons. The van der Waals surface area contributed by atoms with E-state index < -0.39 is 12.1 Å². The van der Waals surface area contributed by atoms with Crippen LogP contribution in [0.4, 0.5) is 4.79 Å². The van der Waals surface area contributed by atoms with Crippen LogP contribution in [-0.2, 0) is 11.3 Å². The van der Waals surface area contributed by atoms with E-state index in [1.807, 2.05) is 30.3 Å². The topological polar surface area (TPSA) is 88.7 Å². The van der Waals surface area contributed by atoms with E-state index in [4.69, 9.17) is 15.9 Å². The molecule has 0 radical (unpaired) electrons. The second kappa shape index (κ2) is 10.0. The quantitative estimate of drug-likeness (QED) is 0.526. The number of allylic oxidation sites excluding steroid dienone is 1. The van der Waals surface area contributed by atoms with E-state index in [9.17, 15) is 9.59 Å². The first-order valence-corrected chi connectivity index (χ1v) is 10.3. The lowest BCUT2D eigenvalue weighted by Crippen LogP contribution is -2.47. The van der Waals surface area contributed by atoms with Crippen molar-refractivity contribution in [2.45, 2.75) is 19.5 Å². The minimum Gasteiger partial charge on any atom is -0.493 e. The Labute approximate surface area is 189 Å². The van der Waals surface area contributed by atoms with Crippen molar-refractivity contribution in [2.24, 2.45) is 0 Å². The van der Waals surface area contributed by atoms with Gasteiger partial charge in [-0.2, -0.15) is 0 Å². The first-order chi connectivity index (χ1) is 14.9. The molecule has 1 heterocycles. The third-order valence-corrected chi connectivity index (χ3v) is 5.40. The predicted molar refractivity (Wildman–Crippen MR) is 120 cm³/mol. The molecule has 0 saturated carbocycles. The summed E-state index contributed by atoms with van der Waals surface area (Å²) in [5, 5.41) is 8.41. The zero-order valence-corrected chi connectivity index (χ0v) is 18.7. The van der Waals surface area contributed by atoms with Gasteiger partial charge in [0.15, 0.2) is 11.5 Å². The standard InChI is InChI=1S/C23H22BrN3O4/c1-4-10-31-19-12-17(24)16(11-18(19)30-3)21-20(14(2)26-23(29)27-21)22(28)25-13-15-8-6-5-7-9-15/h1,5-9,11-12,21H,10,13H2,2-3H3,(H,25,28)(H2,26,27,29)/t21-/m1/s1. The SMILES string of the molecule is C#CCOc1cc(Br)c([C@H]2NC(=O)NC(C)=C2C(=O)NCc2ccccc2)cc1OC. The number of hydrogen-bond donors (Lipinski definition) is 3. The molecule has 7 nitrogen and oxygen atoms in total. The number of urea groups is 1. The average Bonchev–Trinajstić information content (AvgIpc) is 2.76. The normalized spacial score (nSPS) is 15.4. The Morgan fingerprint density at radius 1 is 1.26 bits per heavy atom. The average molecular weight is 484 g/mol. The molecular formula is C23H22BrN3O4. The summed E-state index contributed by atoms with van der Waals surface area (Å²) in [7, 11) is 1.51. The number of nitrogens with one attached hydrogen (secondary N) is 3. The lowest BCUT2D eigenvalue weighted by molar-refractivity contribution is -0.118. The number of carbonyl (C=O) groups excluding carboxylic acids is 2. The minimum absolute atomic E-state index is 0.0817. The Hall–Kier alpha value is -3.44. The Balaban J connectivity index is 1.94. The van der Waals surface area contributed by atoms with Gasteiger partial charge >= 0.3 is 6.03 Å². The van der Waals surface area contributed by atoms with Crippen LogP contribution in [0.5, 0.6) is 11.5 Å². The molecule has 0 aliphatic carbocycles. The number of carbonyl (C=O) groups is 2. The Bertz CT molecular complexity index is 1060. The zero-order chi connectivity index (χ0) is 22.4. The molecular weight excluding hydrogens is 462 g/mol. The molecule has 31 heavy (non-hydrogen) atoms. The van der Waals surface area contributed by atoms with E-state index in [0.717, 1.165) is 5.56 Å². The monoisotopic (exact) mass is 483 g/mol. The maximum Gasteiger partial charge on any atom is 0.319 e. The fourth-order valence-corrected chi connectivity index (χ4v) is 3.82. The van der Waals surface area contributed by atoms with Gasteiger partial charge in [0.25, 0.3) is 5.91 Å². The minimum atomic E-state index is -0.700. The number of amides is 3. The number of hydrogen-bond acceptors (Lipinski definition) is 4. The van der Waals surface area contributed by atoms with Gasteiger partial charge in [0, 0.05) is 16.7 Å². The lowest BCUT2D eigenvalue weighted by Gasteiger charge is -2.29. The molecule has 0 fully saturated rings. The van der Waals surface area contributed by atoms with Crippen LogP contribution in [0.25, 0.3) is 0 Å². The second-order valence-electron chi connectivity index (χ2n) is 6.76. The van der Waals surface area contributed by atoms with Crippen molar-refractivity contribution in [3.63, 3.8) is 0 Å². The van der Waals surface area contributed by atoms with Crippen LogP contribution in [0.3, 0.4) is 0 Å². The second-order valence-corrected chi connectivity index (χ2v) is 7.61. The highest BCUT2D eigenvalue weighted by atomic mass is 79.9. The molecule has 3 N–H and O–H groups in total. The van der Waals surface area contributed by atoms with Crippen molar-refractivity contribution in [1.29, 1.82) is 0 Å². The van der Waals surface area contributed by atoms with Crippen LogP contribution in [0.15, 0.2) is 58.2 Å². The molecule has 0 aromatic heterocycles. The van der Waals surface area contributed by atoms with Crippen LogP contribution in [0.2, 0.25) is 0 Å². The van der Waals surface area contributed by atoms with Gasteiger partial charge < -0.3 is 25.4 Å². The van der Waals surface area contributed by atoms with Gasteiger partial charge in [-0.1, -0.05) is 52.2 Å². The molecule has 3 rings (SSSR count). The highest BCUT2D eigenvalue weighted by Crippen LogP contribution is 2.39. The molecule has 3 amide bonds. The highest BCUT2D eigenvalue weighted by molar-refractivity contribution is 9.10. The molecule has 2 aromatic carbocycles. The molecule has 0 spiro atoms. The summed E-state index contributed by atoms with van der Waals surface area (Å²) in [6.07, 6.45) is 5.27. The van der Waals surface area contributed by atoms with Crippen LogP contribution in [-0.4, -0.2) is 25.7 Å². The number of benzene rings is 2. The van der Waals surface area contributed by atoms with Gasteiger partial charge in [0.05, 0.1) is 18.7 Å². The number of halogens is 1. The summed E-state index contributed by atoms with van der Waals surface area (Å²) >= 11 is 3.52. The molecule has 0 bridgehead atoms. The van der Waals surface area contributed by atoms with E-state index in [1.54, 1.807) is 19.1 Å². The molecule has 1 aliphatic rings. The fourth-order valence-electron chi connectivity index (χ4n) is 3.27.